The van der Waals surface area contributed by atoms with Crippen LogP contribution in [0.1, 0.15) is 27.2 Å². The topological polar surface area (TPSA) is 70.2 Å². The molecule has 1 unspecified atom stereocenters. The maximum Gasteiger partial charge on any atom is 0.238 e. The highest BCUT2D eigenvalue weighted by Gasteiger charge is 2.22. The van der Waals surface area contributed by atoms with Crippen molar-refractivity contribution in [1.29, 1.82) is 0 Å². The van der Waals surface area contributed by atoms with E-state index in [0.717, 1.165) is 11.6 Å². The monoisotopic (exact) mass is 295 g/mol. The number of carbonyl (C=O) groups excluding carboxylic acids is 2. The summed E-state index contributed by atoms with van der Waals surface area (Å²) < 4.78 is 0. The van der Waals surface area contributed by atoms with E-state index >= 15 is 0 Å². The first kappa shape index (κ1) is 17.5. The molecule has 1 saturated heterocycles. The number of amides is 2. The maximum atomic E-state index is 11.6. The molecule has 7 heteroatoms. The van der Waals surface area contributed by atoms with Gasteiger partial charge in [-0.05, 0) is 20.8 Å². The zero-order chi connectivity index (χ0) is 12.9. The van der Waals surface area contributed by atoms with Crippen molar-refractivity contribution in [3.05, 3.63) is 0 Å². The minimum Gasteiger partial charge on any atom is -0.354 e. The van der Waals surface area contributed by atoms with Gasteiger partial charge in [0, 0.05) is 30.1 Å². The van der Waals surface area contributed by atoms with Crippen LogP contribution in [0.3, 0.4) is 0 Å². The molecule has 5 nitrogen and oxygen atoms in total. The molecule has 2 amide bonds. The smallest absolute Gasteiger partial charge is 0.238 e. The highest BCUT2D eigenvalue weighted by molar-refractivity contribution is 7.99. The Morgan fingerprint density at radius 2 is 2.06 bits per heavy atom. The fraction of sp³-hybridized carbons (Fsp3) is 0.818. The molecule has 106 valence electrons. The second-order valence-electron chi connectivity index (χ2n) is 5.11. The molecule has 1 aliphatic heterocycles. The first-order valence-corrected chi connectivity index (χ1v) is 6.94. The molecule has 0 aromatic rings. The predicted octanol–water partition coefficient (Wildman–Crippen LogP) is 0.492. The molecule has 1 heterocycles. The predicted molar refractivity (Wildman–Crippen MR) is 77.0 cm³/mol. The fourth-order valence-corrected chi connectivity index (χ4v) is 2.41. The summed E-state index contributed by atoms with van der Waals surface area (Å²) in [7, 11) is 0. The van der Waals surface area contributed by atoms with Gasteiger partial charge in [0.15, 0.2) is 0 Å². The van der Waals surface area contributed by atoms with E-state index < -0.39 is 0 Å². The van der Waals surface area contributed by atoms with Crippen LogP contribution in [-0.4, -0.2) is 41.6 Å². The Balaban J connectivity index is 0.00000289. The van der Waals surface area contributed by atoms with Crippen LogP contribution in [0, 0.1) is 0 Å². The van der Waals surface area contributed by atoms with Gasteiger partial charge in [-0.1, -0.05) is 0 Å². The van der Waals surface area contributed by atoms with E-state index in [9.17, 15) is 9.59 Å². The van der Waals surface area contributed by atoms with E-state index in [2.05, 4.69) is 16.0 Å². The lowest BCUT2D eigenvalue weighted by Gasteiger charge is -2.20. The summed E-state index contributed by atoms with van der Waals surface area (Å²) in [5.74, 6) is 1.58. The van der Waals surface area contributed by atoms with Crippen LogP contribution in [0.15, 0.2) is 0 Å². The molecule has 0 aromatic heterocycles. The van der Waals surface area contributed by atoms with Gasteiger partial charge in [-0.3, -0.25) is 14.9 Å². The summed E-state index contributed by atoms with van der Waals surface area (Å²) in [6.07, 6.45) is 0.322. The molecule has 1 aliphatic rings. The average molecular weight is 296 g/mol. The molecule has 0 bridgehead atoms. The van der Waals surface area contributed by atoms with Gasteiger partial charge in [0.25, 0.3) is 0 Å². The normalized spacial score (nSPS) is 18.9. The summed E-state index contributed by atoms with van der Waals surface area (Å²) >= 11 is 1.71. The van der Waals surface area contributed by atoms with Crippen molar-refractivity contribution in [2.45, 2.75) is 38.8 Å². The fourth-order valence-electron chi connectivity index (χ4n) is 1.47. The van der Waals surface area contributed by atoms with Gasteiger partial charge in [0.05, 0.1) is 6.04 Å². The van der Waals surface area contributed by atoms with Gasteiger partial charge in [-0.25, -0.2) is 0 Å². The summed E-state index contributed by atoms with van der Waals surface area (Å²) in [5.41, 5.74) is -0.218. The Morgan fingerprint density at radius 3 is 2.56 bits per heavy atom. The van der Waals surface area contributed by atoms with E-state index in [-0.39, 0.29) is 35.8 Å². The summed E-state index contributed by atoms with van der Waals surface area (Å²) in [6.45, 7) is 6.19. The highest BCUT2D eigenvalue weighted by atomic mass is 35.5. The Bertz CT molecular complexity index is 289. The van der Waals surface area contributed by atoms with E-state index in [1.807, 2.05) is 20.8 Å². The molecule has 0 aromatic carbocycles. The molecule has 0 saturated carbocycles. The molecule has 1 atom stereocenters. The van der Waals surface area contributed by atoms with Crippen molar-refractivity contribution in [3.8, 4) is 0 Å². The maximum absolute atomic E-state index is 11.6. The molecule has 0 spiro atoms. The van der Waals surface area contributed by atoms with Crippen molar-refractivity contribution >= 4 is 36.0 Å². The van der Waals surface area contributed by atoms with Crippen molar-refractivity contribution in [1.82, 2.24) is 16.0 Å². The van der Waals surface area contributed by atoms with Crippen LogP contribution >= 0.6 is 24.2 Å². The number of rotatable bonds is 4. The number of hydrogen-bond acceptors (Lipinski definition) is 4. The van der Waals surface area contributed by atoms with Gasteiger partial charge >= 0.3 is 0 Å². The van der Waals surface area contributed by atoms with Crippen molar-refractivity contribution in [3.63, 3.8) is 0 Å². The van der Waals surface area contributed by atoms with Gasteiger partial charge in [-0.2, -0.15) is 0 Å². The Hall–Kier alpha value is -0.460. The Labute approximate surface area is 119 Å². The van der Waals surface area contributed by atoms with Crippen LogP contribution in [0.5, 0.6) is 0 Å². The number of hydrogen-bond donors (Lipinski definition) is 3. The van der Waals surface area contributed by atoms with Gasteiger partial charge < -0.3 is 10.6 Å². The third-order valence-electron chi connectivity index (χ3n) is 2.20. The van der Waals surface area contributed by atoms with Crippen LogP contribution in [-0.2, 0) is 9.59 Å². The minimum atomic E-state index is -0.218. The molecule has 3 N–H and O–H groups in total. The van der Waals surface area contributed by atoms with Crippen molar-refractivity contribution < 1.29 is 9.59 Å². The first-order chi connectivity index (χ1) is 7.88. The molecule has 1 rings (SSSR count). The van der Waals surface area contributed by atoms with Crippen LogP contribution in [0.25, 0.3) is 0 Å². The number of thioether (sulfide) groups is 1. The molecular weight excluding hydrogens is 274 g/mol. The zero-order valence-electron chi connectivity index (χ0n) is 11.0. The van der Waals surface area contributed by atoms with Gasteiger partial charge in [-0.15, -0.1) is 24.2 Å². The van der Waals surface area contributed by atoms with E-state index in [0.29, 0.717) is 13.0 Å². The van der Waals surface area contributed by atoms with Crippen molar-refractivity contribution in [2.24, 2.45) is 0 Å². The van der Waals surface area contributed by atoms with E-state index in [1.165, 1.54) is 0 Å². The van der Waals surface area contributed by atoms with E-state index in [4.69, 9.17) is 0 Å². The van der Waals surface area contributed by atoms with Gasteiger partial charge in [0.2, 0.25) is 11.8 Å². The lowest BCUT2D eigenvalue weighted by Crippen LogP contribution is -2.45. The number of nitrogens with one attached hydrogen (secondary N) is 3. The third-order valence-corrected chi connectivity index (χ3v) is 3.14. The second-order valence-corrected chi connectivity index (χ2v) is 6.14. The van der Waals surface area contributed by atoms with Gasteiger partial charge in [0.1, 0.15) is 0 Å². The second kappa shape index (κ2) is 7.86. The molecular formula is C11H22ClN3O2S. The first-order valence-electron chi connectivity index (χ1n) is 5.78. The minimum absolute atomic E-state index is 0. The highest BCUT2D eigenvalue weighted by Crippen LogP contribution is 2.09. The number of carbonyl (C=O) groups is 2. The lowest BCUT2D eigenvalue weighted by molar-refractivity contribution is -0.123. The summed E-state index contributed by atoms with van der Waals surface area (Å²) in [6, 6.07) is -0.106. The Morgan fingerprint density at radius 1 is 1.39 bits per heavy atom. The SMILES string of the molecule is CC(C)(C)NC(=O)CCNC(=O)C1CSCN1.Cl. The Kier molecular flexibility index (Phi) is 7.66. The average Bonchev–Trinajstić information content (AvgIpc) is 2.66. The van der Waals surface area contributed by atoms with Crippen LogP contribution in [0.2, 0.25) is 0 Å². The van der Waals surface area contributed by atoms with E-state index in [1.54, 1.807) is 11.8 Å². The summed E-state index contributed by atoms with van der Waals surface area (Å²) in [5, 5.41) is 8.70. The van der Waals surface area contributed by atoms with Crippen LogP contribution in [0.4, 0.5) is 0 Å². The molecule has 0 aliphatic carbocycles. The van der Waals surface area contributed by atoms with Crippen LogP contribution < -0.4 is 16.0 Å². The zero-order valence-corrected chi connectivity index (χ0v) is 12.7. The summed E-state index contributed by atoms with van der Waals surface area (Å²) in [4.78, 5) is 23.1. The standard InChI is InChI=1S/C11H21N3O2S.ClH/c1-11(2,3)14-9(15)4-5-12-10(16)8-6-17-7-13-8;/h8,13H,4-7H2,1-3H3,(H,12,16)(H,14,15);1H. The quantitative estimate of drug-likeness (QED) is 0.706. The molecule has 1 fully saturated rings. The third kappa shape index (κ3) is 7.08. The van der Waals surface area contributed by atoms with Crippen molar-refractivity contribution in [2.75, 3.05) is 18.2 Å². The molecule has 18 heavy (non-hydrogen) atoms. The number of halogens is 1. The largest absolute Gasteiger partial charge is 0.354 e. The lowest BCUT2D eigenvalue weighted by atomic mass is 10.1. The molecule has 0 radical (unpaired) electrons.